The maximum Gasteiger partial charge on any atom is 0.162 e. The minimum Gasteiger partial charge on any atom is -0.504 e. The molecule has 21 heavy (non-hydrogen) atoms. The Morgan fingerprint density at radius 2 is 2.05 bits per heavy atom. The Bertz CT molecular complexity index is 448. The van der Waals surface area contributed by atoms with Crippen LogP contribution < -0.4 is 10.1 Å². The molecule has 118 valence electrons. The van der Waals surface area contributed by atoms with Crippen molar-refractivity contribution in [2.24, 2.45) is 0 Å². The summed E-state index contributed by atoms with van der Waals surface area (Å²) in [7, 11) is 1.53. The molecule has 0 atom stereocenters. The quantitative estimate of drug-likeness (QED) is 0.760. The predicted molar refractivity (Wildman–Crippen MR) is 86.3 cm³/mol. The van der Waals surface area contributed by atoms with E-state index in [1.807, 2.05) is 0 Å². The van der Waals surface area contributed by atoms with Gasteiger partial charge in [0.1, 0.15) is 0 Å². The molecule has 1 fully saturated rings. The molecule has 1 aromatic carbocycles. The van der Waals surface area contributed by atoms with Crippen molar-refractivity contribution in [3.8, 4) is 11.5 Å². The first-order valence-electron chi connectivity index (χ1n) is 7.69. The van der Waals surface area contributed by atoms with E-state index in [1.165, 1.54) is 39.5 Å². The second kappa shape index (κ2) is 8.47. The van der Waals surface area contributed by atoms with Crippen LogP contribution in [0.2, 0.25) is 5.02 Å². The van der Waals surface area contributed by atoms with Crippen LogP contribution in [0.5, 0.6) is 11.5 Å². The van der Waals surface area contributed by atoms with Crippen molar-refractivity contribution in [2.45, 2.75) is 32.2 Å². The molecule has 0 bridgehead atoms. The Morgan fingerprint density at radius 3 is 2.76 bits per heavy atom. The summed E-state index contributed by atoms with van der Waals surface area (Å²) < 4.78 is 5.10. The van der Waals surface area contributed by atoms with E-state index in [1.54, 1.807) is 12.1 Å². The summed E-state index contributed by atoms with van der Waals surface area (Å²) in [5.74, 6) is 0.595. The predicted octanol–water partition coefficient (Wildman–Crippen LogP) is 3.02. The number of aromatic hydroxyl groups is 1. The SMILES string of the molecule is COc1cc(Cl)cc(CNCCCN2CCCCC2)c1O. The van der Waals surface area contributed by atoms with Crippen LogP contribution in [0.1, 0.15) is 31.2 Å². The summed E-state index contributed by atoms with van der Waals surface area (Å²) in [6.45, 7) is 5.17. The zero-order valence-corrected chi connectivity index (χ0v) is 13.5. The fraction of sp³-hybridized carbons (Fsp3) is 0.625. The number of rotatable bonds is 7. The van der Waals surface area contributed by atoms with Crippen molar-refractivity contribution in [3.05, 3.63) is 22.7 Å². The van der Waals surface area contributed by atoms with E-state index in [0.29, 0.717) is 17.3 Å². The maximum atomic E-state index is 10.0. The molecule has 2 N–H and O–H groups in total. The van der Waals surface area contributed by atoms with Gasteiger partial charge in [0.25, 0.3) is 0 Å². The Hall–Kier alpha value is -0.970. The van der Waals surface area contributed by atoms with Gasteiger partial charge in [0.05, 0.1) is 7.11 Å². The van der Waals surface area contributed by atoms with Crippen LogP contribution in [-0.4, -0.2) is 43.3 Å². The number of phenols is 1. The number of halogens is 1. The van der Waals surface area contributed by atoms with E-state index in [-0.39, 0.29) is 5.75 Å². The van der Waals surface area contributed by atoms with Gasteiger partial charge in [-0.25, -0.2) is 0 Å². The molecular weight excluding hydrogens is 288 g/mol. The number of piperidine rings is 1. The summed E-state index contributed by atoms with van der Waals surface area (Å²) in [5.41, 5.74) is 0.775. The van der Waals surface area contributed by atoms with Gasteiger partial charge in [-0.1, -0.05) is 18.0 Å². The van der Waals surface area contributed by atoms with Crippen LogP contribution in [0.4, 0.5) is 0 Å². The topological polar surface area (TPSA) is 44.7 Å². The van der Waals surface area contributed by atoms with Crippen molar-refractivity contribution in [1.29, 1.82) is 0 Å². The molecule has 1 heterocycles. The van der Waals surface area contributed by atoms with Crippen LogP contribution >= 0.6 is 11.6 Å². The highest BCUT2D eigenvalue weighted by molar-refractivity contribution is 6.30. The van der Waals surface area contributed by atoms with E-state index >= 15 is 0 Å². The van der Waals surface area contributed by atoms with Gasteiger partial charge in [-0.2, -0.15) is 0 Å². The minimum atomic E-state index is 0.172. The van der Waals surface area contributed by atoms with E-state index in [0.717, 1.165) is 25.1 Å². The van der Waals surface area contributed by atoms with Gasteiger partial charge in [0.2, 0.25) is 0 Å². The van der Waals surface area contributed by atoms with Crippen LogP contribution in [0.15, 0.2) is 12.1 Å². The lowest BCUT2D eigenvalue weighted by atomic mass is 10.1. The molecule has 0 spiro atoms. The van der Waals surface area contributed by atoms with E-state index in [2.05, 4.69) is 10.2 Å². The van der Waals surface area contributed by atoms with Gasteiger partial charge in [-0.3, -0.25) is 0 Å². The van der Waals surface area contributed by atoms with Crippen molar-refractivity contribution in [1.82, 2.24) is 10.2 Å². The minimum absolute atomic E-state index is 0.172. The summed E-state index contributed by atoms with van der Waals surface area (Å²) in [6.07, 6.45) is 5.18. The summed E-state index contributed by atoms with van der Waals surface area (Å²) in [4.78, 5) is 2.53. The van der Waals surface area contributed by atoms with E-state index in [4.69, 9.17) is 16.3 Å². The summed E-state index contributed by atoms with van der Waals surface area (Å²) in [6, 6.07) is 3.40. The third-order valence-corrected chi connectivity index (χ3v) is 4.15. The molecule has 5 heteroatoms. The highest BCUT2D eigenvalue weighted by Crippen LogP contribution is 2.33. The molecule has 0 saturated carbocycles. The lowest BCUT2D eigenvalue weighted by molar-refractivity contribution is 0.225. The number of ether oxygens (including phenoxy) is 1. The number of nitrogens with one attached hydrogen (secondary N) is 1. The molecule has 0 aliphatic carbocycles. The average molecular weight is 313 g/mol. The number of likely N-dealkylation sites (tertiary alicyclic amines) is 1. The number of phenolic OH excluding ortho intramolecular Hbond substituents is 1. The molecule has 1 aliphatic heterocycles. The normalized spacial score (nSPS) is 16.1. The second-order valence-electron chi connectivity index (χ2n) is 5.55. The largest absolute Gasteiger partial charge is 0.504 e. The van der Waals surface area contributed by atoms with Gasteiger partial charge in [0.15, 0.2) is 11.5 Å². The zero-order valence-electron chi connectivity index (χ0n) is 12.7. The van der Waals surface area contributed by atoms with Crippen LogP contribution in [0.25, 0.3) is 0 Å². The maximum absolute atomic E-state index is 10.0. The molecule has 1 aliphatic rings. The Kier molecular flexibility index (Phi) is 6.61. The van der Waals surface area contributed by atoms with Crippen LogP contribution in [0, 0.1) is 0 Å². The van der Waals surface area contributed by atoms with Gasteiger partial charge < -0.3 is 20.1 Å². The Morgan fingerprint density at radius 1 is 1.29 bits per heavy atom. The molecule has 1 aromatic rings. The van der Waals surface area contributed by atoms with Crippen LogP contribution in [0.3, 0.4) is 0 Å². The Balaban J connectivity index is 1.72. The van der Waals surface area contributed by atoms with Gasteiger partial charge in [-0.15, -0.1) is 0 Å². The van der Waals surface area contributed by atoms with Gasteiger partial charge in [-0.05, 0) is 51.5 Å². The van der Waals surface area contributed by atoms with Crippen molar-refractivity contribution >= 4 is 11.6 Å². The van der Waals surface area contributed by atoms with Crippen LogP contribution in [-0.2, 0) is 6.54 Å². The summed E-state index contributed by atoms with van der Waals surface area (Å²) >= 11 is 6.02. The zero-order chi connectivity index (χ0) is 15.1. The number of benzene rings is 1. The smallest absolute Gasteiger partial charge is 0.162 e. The molecule has 1 saturated heterocycles. The monoisotopic (exact) mass is 312 g/mol. The number of methoxy groups -OCH3 is 1. The third kappa shape index (κ3) is 5.06. The molecule has 0 unspecified atom stereocenters. The molecule has 0 radical (unpaired) electrons. The second-order valence-corrected chi connectivity index (χ2v) is 5.98. The first-order valence-corrected chi connectivity index (χ1v) is 8.07. The number of hydrogen-bond acceptors (Lipinski definition) is 4. The highest BCUT2D eigenvalue weighted by atomic mass is 35.5. The Labute approximate surface area is 132 Å². The molecule has 0 amide bonds. The first-order chi connectivity index (χ1) is 10.2. The lowest BCUT2D eigenvalue weighted by Gasteiger charge is -2.26. The van der Waals surface area contributed by atoms with Gasteiger partial charge in [0, 0.05) is 23.2 Å². The lowest BCUT2D eigenvalue weighted by Crippen LogP contribution is -2.32. The fourth-order valence-corrected chi connectivity index (χ4v) is 2.98. The molecule has 4 nitrogen and oxygen atoms in total. The van der Waals surface area contributed by atoms with Crippen molar-refractivity contribution in [2.75, 3.05) is 33.3 Å². The summed E-state index contributed by atoms with van der Waals surface area (Å²) in [5, 5.41) is 14.0. The molecule has 2 rings (SSSR count). The van der Waals surface area contributed by atoms with E-state index < -0.39 is 0 Å². The number of hydrogen-bond donors (Lipinski definition) is 2. The average Bonchev–Trinajstić information content (AvgIpc) is 2.51. The first kappa shape index (κ1) is 16.4. The highest BCUT2D eigenvalue weighted by Gasteiger charge is 2.11. The van der Waals surface area contributed by atoms with Crippen molar-refractivity contribution in [3.63, 3.8) is 0 Å². The van der Waals surface area contributed by atoms with Crippen molar-refractivity contribution < 1.29 is 9.84 Å². The number of nitrogens with zero attached hydrogens (tertiary/aromatic N) is 1. The fourth-order valence-electron chi connectivity index (χ4n) is 2.75. The van der Waals surface area contributed by atoms with Gasteiger partial charge >= 0.3 is 0 Å². The standard InChI is InChI=1S/C16H25ClN2O2/c1-21-15-11-14(17)10-13(16(15)20)12-18-6-5-9-19-7-3-2-4-8-19/h10-11,18,20H,2-9,12H2,1H3. The van der Waals surface area contributed by atoms with E-state index in [9.17, 15) is 5.11 Å². The third-order valence-electron chi connectivity index (χ3n) is 3.93. The molecular formula is C16H25ClN2O2. The molecule has 0 aromatic heterocycles.